The fourth-order valence-electron chi connectivity index (χ4n) is 2.15. The second kappa shape index (κ2) is 5.02. The number of halogens is 1. The van der Waals surface area contributed by atoms with Gasteiger partial charge in [-0.05, 0) is 43.2 Å². The lowest BCUT2D eigenvalue weighted by molar-refractivity contribution is 0.0988. The summed E-state index contributed by atoms with van der Waals surface area (Å²) in [4.78, 5) is 0. The van der Waals surface area contributed by atoms with Gasteiger partial charge in [0.1, 0.15) is 17.2 Å². The molecule has 1 atom stereocenters. The highest BCUT2D eigenvalue weighted by atomic mass is 19.1. The molecule has 1 N–H and O–H groups in total. The predicted molar refractivity (Wildman–Crippen MR) is 72.8 cm³/mol. The SMILES string of the molecule is COc1ccccc1C(C)(O)c1ccc(F)c(C)c1. The lowest BCUT2D eigenvalue weighted by Gasteiger charge is -2.26. The van der Waals surface area contributed by atoms with Gasteiger partial charge in [-0.2, -0.15) is 0 Å². The van der Waals surface area contributed by atoms with E-state index in [-0.39, 0.29) is 5.82 Å². The van der Waals surface area contributed by atoms with Crippen molar-refractivity contribution in [3.8, 4) is 5.75 Å². The minimum Gasteiger partial charge on any atom is -0.496 e. The maximum atomic E-state index is 13.3. The molecule has 0 amide bonds. The Morgan fingerprint density at radius 3 is 2.47 bits per heavy atom. The van der Waals surface area contributed by atoms with Crippen LogP contribution in [0.2, 0.25) is 0 Å². The molecule has 0 fully saturated rings. The van der Waals surface area contributed by atoms with Crippen molar-refractivity contribution in [3.05, 3.63) is 65.0 Å². The number of benzene rings is 2. The Morgan fingerprint density at radius 2 is 1.84 bits per heavy atom. The van der Waals surface area contributed by atoms with Crippen molar-refractivity contribution in [2.75, 3.05) is 7.11 Å². The first-order valence-corrected chi connectivity index (χ1v) is 6.09. The third-order valence-electron chi connectivity index (χ3n) is 3.35. The van der Waals surface area contributed by atoms with Crippen LogP contribution in [0.15, 0.2) is 42.5 Å². The molecule has 0 spiro atoms. The number of ether oxygens (including phenoxy) is 1. The van der Waals surface area contributed by atoms with Crippen LogP contribution in [0, 0.1) is 12.7 Å². The quantitative estimate of drug-likeness (QED) is 0.916. The molecule has 19 heavy (non-hydrogen) atoms. The largest absolute Gasteiger partial charge is 0.496 e. The van der Waals surface area contributed by atoms with Crippen LogP contribution in [0.5, 0.6) is 5.75 Å². The summed E-state index contributed by atoms with van der Waals surface area (Å²) in [5.41, 5.74) is 0.567. The fraction of sp³-hybridized carbons (Fsp3) is 0.250. The number of hydrogen-bond donors (Lipinski definition) is 1. The third-order valence-corrected chi connectivity index (χ3v) is 3.35. The van der Waals surface area contributed by atoms with Crippen LogP contribution >= 0.6 is 0 Å². The first-order chi connectivity index (χ1) is 8.96. The molecular formula is C16H17FO2. The maximum absolute atomic E-state index is 13.3. The average Bonchev–Trinajstić information content (AvgIpc) is 2.41. The van der Waals surface area contributed by atoms with Crippen molar-refractivity contribution in [2.24, 2.45) is 0 Å². The minimum atomic E-state index is -1.23. The number of methoxy groups -OCH3 is 1. The summed E-state index contributed by atoms with van der Waals surface area (Å²) in [6.07, 6.45) is 0. The summed E-state index contributed by atoms with van der Waals surface area (Å²) in [5.74, 6) is 0.328. The lowest BCUT2D eigenvalue weighted by Crippen LogP contribution is -2.23. The number of para-hydroxylation sites is 1. The van der Waals surface area contributed by atoms with Crippen LogP contribution in [0.4, 0.5) is 4.39 Å². The summed E-state index contributed by atoms with van der Waals surface area (Å²) >= 11 is 0. The molecule has 100 valence electrons. The highest BCUT2D eigenvalue weighted by Gasteiger charge is 2.29. The Hall–Kier alpha value is -1.87. The average molecular weight is 260 g/mol. The monoisotopic (exact) mass is 260 g/mol. The van der Waals surface area contributed by atoms with Gasteiger partial charge in [0, 0.05) is 5.56 Å². The van der Waals surface area contributed by atoms with E-state index in [2.05, 4.69) is 0 Å². The normalized spacial score (nSPS) is 13.9. The van der Waals surface area contributed by atoms with Gasteiger partial charge < -0.3 is 9.84 Å². The fourth-order valence-corrected chi connectivity index (χ4v) is 2.15. The topological polar surface area (TPSA) is 29.5 Å². The summed E-state index contributed by atoms with van der Waals surface area (Å²) in [5, 5.41) is 10.8. The Morgan fingerprint density at radius 1 is 1.16 bits per heavy atom. The maximum Gasteiger partial charge on any atom is 0.126 e. The molecule has 0 saturated heterocycles. The molecule has 0 bridgehead atoms. The van der Waals surface area contributed by atoms with E-state index >= 15 is 0 Å². The van der Waals surface area contributed by atoms with Crippen molar-refractivity contribution < 1.29 is 14.2 Å². The van der Waals surface area contributed by atoms with Crippen molar-refractivity contribution >= 4 is 0 Å². The van der Waals surface area contributed by atoms with Gasteiger partial charge in [-0.3, -0.25) is 0 Å². The van der Waals surface area contributed by atoms with E-state index in [0.717, 1.165) is 0 Å². The Kier molecular flexibility index (Phi) is 3.58. The highest BCUT2D eigenvalue weighted by molar-refractivity contribution is 5.44. The molecule has 0 aliphatic heterocycles. The van der Waals surface area contributed by atoms with E-state index in [4.69, 9.17) is 4.74 Å². The number of hydrogen-bond acceptors (Lipinski definition) is 2. The zero-order chi connectivity index (χ0) is 14.0. The number of aliphatic hydroxyl groups is 1. The molecule has 0 saturated carbocycles. The Balaban J connectivity index is 2.54. The summed E-state index contributed by atoms with van der Waals surface area (Å²) in [7, 11) is 1.56. The summed E-state index contributed by atoms with van der Waals surface area (Å²) < 4.78 is 18.6. The molecule has 0 radical (unpaired) electrons. The highest BCUT2D eigenvalue weighted by Crippen LogP contribution is 2.35. The Labute approximate surface area is 112 Å². The number of rotatable bonds is 3. The van der Waals surface area contributed by atoms with Crippen molar-refractivity contribution in [1.82, 2.24) is 0 Å². The van der Waals surface area contributed by atoms with Crippen LogP contribution in [-0.2, 0) is 5.60 Å². The standard InChI is InChI=1S/C16H17FO2/c1-11-10-12(8-9-14(11)17)16(2,18)13-6-4-5-7-15(13)19-3/h4-10,18H,1-3H3. The van der Waals surface area contributed by atoms with Gasteiger partial charge in [0.2, 0.25) is 0 Å². The molecule has 3 heteroatoms. The van der Waals surface area contributed by atoms with Gasteiger partial charge in [0.25, 0.3) is 0 Å². The molecule has 0 aromatic heterocycles. The van der Waals surface area contributed by atoms with Crippen molar-refractivity contribution in [1.29, 1.82) is 0 Å². The number of aryl methyl sites for hydroxylation is 1. The minimum absolute atomic E-state index is 0.278. The van der Waals surface area contributed by atoms with Gasteiger partial charge >= 0.3 is 0 Å². The van der Waals surface area contributed by atoms with E-state index in [1.54, 1.807) is 45.2 Å². The second-order valence-electron chi connectivity index (χ2n) is 4.74. The van der Waals surface area contributed by atoms with Gasteiger partial charge in [-0.1, -0.05) is 24.3 Å². The lowest BCUT2D eigenvalue weighted by atomic mass is 9.87. The van der Waals surface area contributed by atoms with Gasteiger partial charge in [-0.25, -0.2) is 4.39 Å². The molecule has 1 unspecified atom stereocenters. The molecule has 0 aliphatic carbocycles. The molecule has 2 nitrogen and oxygen atoms in total. The molecule has 2 aromatic carbocycles. The molecular weight excluding hydrogens is 243 g/mol. The van der Waals surface area contributed by atoms with E-state index in [1.165, 1.54) is 6.07 Å². The molecule has 2 aromatic rings. The van der Waals surface area contributed by atoms with Crippen molar-refractivity contribution in [3.63, 3.8) is 0 Å². The Bertz CT molecular complexity index is 591. The smallest absolute Gasteiger partial charge is 0.126 e. The van der Waals surface area contributed by atoms with E-state index in [1.807, 2.05) is 12.1 Å². The van der Waals surface area contributed by atoms with Crippen LogP contribution in [0.25, 0.3) is 0 Å². The predicted octanol–water partition coefficient (Wildman–Crippen LogP) is 3.40. The van der Waals surface area contributed by atoms with E-state index in [9.17, 15) is 9.50 Å². The van der Waals surface area contributed by atoms with Gasteiger partial charge in [-0.15, -0.1) is 0 Å². The third kappa shape index (κ3) is 2.47. The summed E-state index contributed by atoms with van der Waals surface area (Å²) in [6, 6.07) is 11.9. The van der Waals surface area contributed by atoms with E-state index in [0.29, 0.717) is 22.4 Å². The molecule has 2 rings (SSSR count). The van der Waals surface area contributed by atoms with Crippen LogP contribution < -0.4 is 4.74 Å². The van der Waals surface area contributed by atoms with Gasteiger partial charge in [0.15, 0.2) is 0 Å². The van der Waals surface area contributed by atoms with E-state index < -0.39 is 5.60 Å². The summed E-state index contributed by atoms with van der Waals surface area (Å²) in [6.45, 7) is 3.36. The first-order valence-electron chi connectivity index (χ1n) is 6.09. The van der Waals surface area contributed by atoms with Crippen LogP contribution in [0.1, 0.15) is 23.6 Å². The first kappa shape index (κ1) is 13.6. The molecule has 0 aliphatic rings. The van der Waals surface area contributed by atoms with Gasteiger partial charge in [0.05, 0.1) is 7.11 Å². The molecule has 0 heterocycles. The van der Waals surface area contributed by atoms with Crippen LogP contribution in [0.3, 0.4) is 0 Å². The van der Waals surface area contributed by atoms with Crippen LogP contribution in [-0.4, -0.2) is 12.2 Å². The zero-order valence-electron chi connectivity index (χ0n) is 11.3. The zero-order valence-corrected chi connectivity index (χ0v) is 11.3. The second-order valence-corrected chi connectivity index (χ2v) is 4.74. The van der Waals surface area contributed by atoms with Crippen molar-refractivity contribution in [2.45, 2.75) is 19.4 Å².